The van der Waals surface area contributed by atoms with Crippen LogP contribution in [0.5, 0.6) is 0 Å². The van der Waals surface area contributed by atoms with Crippen LogP contribution in [-0.4, -0.2) is 23.2 Å². The maximum absolute atomic E-state index is 13.1. The number of hydrogen-bond acceptors (Lipinski definition) is 4. The van der Waals surface area contributed by atoms with Gasteiger partial charge in [0.2, 0.25) is 0 Å². The van der Waals surface area contributed by atoms with Crippen LogP contribution < -0.4 is 4.72 Å². The summed E-state index contributed by atoms with van der Waals surface area (Å²) in [6.07, 6.45) is 1.74. The van der Waals surface area contributed by atoms with Crippen LogP contribution in [0, 0.1) is 13.8 Å². The van der Waals surface area contributed by atoms with Gasteiger partial charge in [-0.1, -0.05) is 39.0 Å². The van der Waals surface area contributed by atoms with Gasteiger partial charge in [0, 0.05) is 17.6 Å². The lowest BCUT2D eigenvalue weighted by molar-refractivity contribution is 0.587. The standard InChI is InChI=1S/C24H26N4O2S/c1-16-8-13-21-20(7-6-14-25-21)23(16)28-22(15-17(2)26-28)27-31(29,30)19-11-9-18(10-12-19)24(3,4)5/h6-15,27H,1-5H3. The van der Waals surface area contributed by atoms with Gasteiger partial charge in [0.05, 0.1) is 21.8 Å². The molecule has 0 bridgehead atoms. The molecule has 0 unspecified atom stereocenters. The number of rotatable bonds is 4. The lowest BCUT2D eigenvalue weighted by atomic mass is 9.87. The molecule has 2 heterocycles. The van der Waals surface area contributed by atoms with Crippen molar-refractivity contribution in [3.63, 3.8) is 0 Å². The van der Waals surface area contributed by atoms with E-state index in [4.69, 9.17) is 0 Å². The van der Waals surface area contributed by atoms with Gasteiger partial charge in [-0.2, -0.15) is 5.10 Å². The van der Waals surface area contributed by atoms with E-state index >= 15 is 0 Å². The van der Waals surface area contributed by atoms with E-state index in [1.807, 2.05) is 50.2 Å². The Morgan fingerprint density at radius 1 is 0.968 bits per heavy atom. The molecule has 1 N–H and O–H groups in total. The highest BCUT2D eigenvalue weighted by Crippen LogP contribution is 2.29. The van der Waals surface area contributed by atoms with Crippen molar-refractivity contribution in [2.24, 2.45) is 0 Å². The average molecular weight is 435 g/mol. The van der Waals surface area contributed by atoms with Crippen LogP contribution in [0.15, 0.2) is 65.7 Å². The lowest BCUT2D eigenvalue weighted by Crippen LogP contribution is -2.17. The number of sulfonamides is 1. The van der Waals surface area contributed by atoms with Crippen LogP contribution in [0.1, 0.15) is 37.6 Å². The Kier molecular flexibility index (Phi) is 5.09. The largest absolute Gasteiger partial charge is 0.263 e. The second kappa shape index (κ2) is 7.50. The van der Waals surface area contributed by atoms with E-state index < -0.39 is 10.0 Å². The van der Waals surface area contributed by atoms with Gasteiger partial charge >= 0.3 is 0 Å². The first-order chi connectivity index (χ1) is 14.6. The molecule has 0 saturated carbocycles. The number of hydrogen-bond donors (Lipinski definition) is 1. The summed E-state index contributed by atoms with van der Waals surface area (Å²) < 4.78 is 30.7. The van der Waals surface area contributed by atoms with E-state index in [0.29, 0.717) is 11.5 Å². The van der Waals surface area contributed by atoms with Gasteiger partial charge in [-0.15, -0.1) is 0 Å². The van der Waals surface area contributed by atoms with Crippen molar-refractivity contribution in [3.8, 4) is 5.69 Å². The van der Waals surface area contributed by atoms with Crippen molar-refractivity contribution >= 4 is 26.7 Å². The third kappa shape index (κ3) is 4.05. The van der Waals surface area contributed by atoms with Crippen molar-refractivity contribution in [3.05, 3.63) is 77.6 Å². The van der Waals surface area contributed by atoms with Crippen LogP contribution in [0.3, 0.4) is 0 Å². The zero-order valence-electron chi connectivity index (χ0n) is 18.3. The predicted molar refractivity (Wildman–Crippen MR) is 124 cm³/mol. The molecule has 0 saturated heterocycles. The molecule has 31 heavy (non-hydrogen) atoms. The molecule has 0 fully saturated rings. The molecular formula is C24H26N4O2S. The summed E-state index contributed by atoms with van der Waals surface area (Å²) >= 11 is 0. The maximum Gasteiger partial charge on any atom is 0.263 e. The van der Waals surface area contributed by atoms with Crippen molar-refractivity contribution in [1.82, 2.24) is 14.8 Å². The van der Waals surface area contributed by atoms with Gasteiger partial charge in [-0.3, -0.25) is 9.71 Å². The number of aromatic nitrogens is 3. The Morgan fingerprint density at radius 3 is 2.35 bits per heavy atom. The molecule has 0 radical (unpaired) electrons. The zero-order valence-corrected chi connectivity index (χ0v) is 19.2. The van der Waals surface area contributed by atoms with Crippen molar-refractivity contribution in [2.45, 2.75) is 44.9 Å². The lowest BCUT2D eigenvalue weighted by Gasteiger charge is -2.19. The van der Waals surface area contributed by atoms with E-state index in [-0.39, 0.29) is 10.3 Å². The summed E-state index contributed by atoms with van der Waals surface area (Å²) in [5.41, 5.74) is 4.33. The van der Waals surface area contributed by atoms with Crippen LogP contribution in [-0.2, 0) is 15.4 Å². The average Bonchev–Trinajstić information content (AvgIpc) is 3.06. The van der Waals surface area contributed by atoms with Gasteiger partial charge in [-0.05, 0) is 60.7 Å². The molecule has 4 aromatic rings. The summed E-state index contributed by atoms with van der Waals surface area (Å²) in [6, 6.07) is 16.5. The summed E-state index contributed by atoms with van der Waals surface area (Å²) in [5, 5.41) is 5.48. The second-order valence-corrected chi connectivity index (χ2v) is 10.4. The van der Waals surface area contributed by atoms with Crippen molar-refractivity contribution in [1.29, 1.82) is 0 Å². The number of aryl methyl sites for hydroxylation is 2. The van der Waals surface area contributed by atoms with Crippen molar-refractivity contribution < 1.29 is 8.42 Å². The van der Waals surface area contributed by atoms with E-state index in [0.717, 1.165) is 27.7 Å². The van der Waals surface area contributed by atoms with Gasteiger partial charge in [0.1, 0.15) is 5.82 Å². The monoisotopic (exact) mass is 434 g/mol. The third-order valence-electron chi connectivity index (χ3n) is 5.27. The Balaban J connectivity index is 1.78. The summed E-state index contributed by atoms with van der Waals surface area (Å²) in [6.45, 7) is 10.1. The number of pyridine rings is 1. The zero-order chi connectivity index (χ0) is 22.4. The molecule has 7 heteroatoms. The molecule has 0 amide bonds. The van der Waals surface area contributed by atoms with Gasteiger partial charge in [0.15, 0.2) is 0 Å². The fourth-order valence-electron chi connectivity index (χ4n) is 3.60. The van der Waals surface area contributed by atoms with Gasteiger partial charge < -0.3 is 0 Å². The van der Waals surface area contributed by atoms with E-state index in [9.17, 15) is 8.42 Å². The fraction of sp³-hybridized carbons (Fsp3) is 0.250. The number of fused-ring (bicyclic) bond motifs is 1. The highest BCUT2D eigenvalue weighted by molar-refractivity contribution is 7.92. The molecule has 6 nitrogen and oxygen atoms in total. The SMILES string of the molecule is Cc1cc(NS(=O)(=O)c2ccc(C(C)(C)C)cc2)n(-c2c(C)ccc3ncccc23)n1. The number of nitrogens with one attached hydrogen (secondary N) is 1. The topological polar surface area (TPSA) is 76.9 Å². The summed E-state index contributed by atoms with van der Waals surface area (Å²) in [5.74, 6) is 0.386. The molecule has 0 spiro atoms. The Hall–Kier alpha value is -3.19. The normalized spacial score (nSPS) is 12.3. The first-order valence-electron chi connectivity index (χ1n) is 10.1. The number of benzene rings is 2. The minimum Gasteiger partial charge on any atom is -0.263 e. The fourth-order valence-corrected chi connectivity index (χ4v) is 4.63. The first kappa shape index (κ1) is 21.1. The minimum absolute atomic E-state index is 0.0502. The van der Waals surface area contributed by atoms with E-state index in [1.54, 1.807) is 29.1 Å². The minimum atomic E-state index is -3.79. The second-order valence-electron chi connectivity index (χ2n) is 8.76. The highest BCUT2D eigenvalue weighted by Gasteiger charge is 2.21. The number of anilines is 1. The van der Waals surface area contributed by atoms with Crippen LogP contribution >= 0.6 is 0 Å². The van der Waals surface area contributed by atoms with E-state index in [2.05, 4.69) is 35.6 Å². The molecule has 160 valence electrons. The number of nitrogens with zero attached hydrogens (tertiary/aromatic N) is 3. The maximum atomic E-state index is 13.1. The van der Waals surface area contributed by atoms with Gasteiger partial charge in [-0.25, -0.2) is 13.1 Å². The van der Waals surface area contributed by atoms with Crippen LogP contribution in [0.4, 0.5) is 5.82 Å². The quantitative estimate of drug-likeness (QED) is 0.483. The Bertz CT molecular complexity index is 1370. The Morgan fingerprint density at radius 2 is 1.68 bits per heavy atom. The third-order valence-corrected chi connectivity index (χ3v) is 6.64. The highest BCUT2D eigenvalue weighted by atomic mass is 32.2. The molecule has 2 aromatic heterocycles. The summed E-state index contributed by atoms with van der Waals surface area (Å²) in [7, 11) is -3.79. The van der Waals surface area contributed by atoms with Crippen molar-refractivity contribution in [2.75, 3.05) is 4.72 Å². The molecule has 4 rings (SSSR count). The predicted octanol–water partition coefficient (Wildman–Crippen LogP) is 5.14. The Labute approximate surface area is 183 Å². The van der Waals surface area contributed by atoms with Crippen LogP contribution in [0.2, 0.25) is 0 Å². The molecular weight excluding hydrogens is 408 g/mol. The molecule has 2 aromatic carbocycles. The van der Waals surface area contributed by atoms with E-state index in [1.165, 1.54) is 0 Å². The molecule has 0 aliphatic rings. The smallest absolute Gasteiger partial charge is 0.263 e. The molecule has 0 aliphatic heterocycles. The van der Waals surface area contributed by atoms with Crippen LogP contribution in [0.25, 0.3) is 16.6 Å². The molecule has 0 atom stereocenters. The van der Waals surface area contributed by atoms with Gasteiger partial charge in [0.25, 0.3) is 10.0 Å². The first-order valence-corrected chi connectivity index (χ1v) is 11.6. The summed E-state index contributed by atoms with van der Waals surface area (Å²) in [4.78, 5) is 4.63. The molecule has 0 aliphatic carbocycles.